The largest absolute Gasteiger partial charge is 0.489 e. The van der Waals surface area contributed by atoms with Gasteiger partial charge in [0.15, 0.2) is 0 Å². The molecule has 1 fully saturated rings. The molecule has 0 radical (unpaired) electrons. The molecule has 1 heterocycles. The molecule has 0 saturated heterocycles. The summed E-state index contributed by atoms with van der Waals surface area (Å²) in [6, 6.07) is 12.0. The van der Waals surface area contributed by atoms with Crippen molar-refractivity contribution in [2.45, 2.75) is 38.5 Å². The number of pyridine rings is 1. The van der Waals surface area contributed by atoms with Crippen LogP contribution in [0.3, 0.4) is 0 Å². The van der Waals surface area contributed by atoms with E-state index in [4.69, 9.17) is 4.74 Å². The Morgan fingerprint density at radius 3 is 2.87 bits per heavy atom. The van der Waals surface area contributed by atoms with Crippen molar-refractivity contribution >= 4 is 0 Å². The summed E-state index contributed by atoms with van der Waals surface area (Å²) in [5.74, 6) is 1.29. The highest BCUT2D eigenvalue weighted by atomic mass is 16.5. The summed E-state index contributed by atoms with van der Waals surface area (Å²) < 4.78 is 5.94. The molecule has 23 heavy (non-hydrogen) atoms. The van der Waals surface area contributed by atoms with Gasteiger partial charge in [-0.15, -0.1) is 0 Å². The maximum absolute atomic E-state index is 9.88. The fourth-order valence-electron chi connectivity index (χ4n) is 3.08. The Morgan fingerprint density at radius 2 is 2.09 bits per heavy atom. The average molecular weight is 312 g/mol. The zero-order valence-electron chi connectivity index (χ0n) is 13.3. The van der Waals surface area contributed by atoms with Gasteiger partial charge in [0, 0.05) is 36.6 Å². The van der Waals surface area contributed by atoms with Crippen LogP contribution in [0.15, 0.2) is 48.8 Å². The predicted molar refractivity (Wildman–Crippen MR) is 90.1 cm³/mol. The van der Waals surface area contributed by atoms with Crippen molar-refractivity contribution in [2.75, 3.05) is 6.54 Å². The molecule has 4 heteroatoms. The third kappa shape index (κ3) is 4.53. The van der Waals surface area contributed by atoms with Gasteiger partial charge in [-0.3, -0.25) is 4.98 Å². The summed E-state index contributed by atoms with van der Waals surface area (Å²) in [5, 5.41) is 13.3. The van der Waals surface area contributed by atoms with E-state index in [9.17, 15) is 5.11 Å². The molecule has 2 atom stereocenters. The Morgan fingerprint density at radius 1 is 1.17 bits per heavy atom. The van der Waals surface area contributed by atoms with Gasteiger partial charge in [-0.25, -0.2) is 0 Å². The number of hydrogen-bond acceptors (Lipinski definition) is 4. The Kier molecular flexibility index (Phi) is 5.61. The quantitative estimate of drug-likeness (QED) is 0.825. The Balaban J connectivity index is 1.53. The van der Waals surface area contributed by atoms with Gasteiger partial charge in [-0.2, -0.15) is 0 Å². The van der Waals surface area contributed by atoms with Crippen LogP contribution in [0.25, 0.3) is 0 Å². The van der Waals surface area contributed by atoms with Crippen LogP contribution in [0.1, 0.15) is 30.4 Å². The number of para-hydroxylation sites is 1. The van der Waals surface area contributed by atoms with Crippen molar-refractivity contribution in [2.24, 2.45) is 5.92 Å². The first-order valence-corrected chi connectivity index (χ1v) is 8.31. The summed E-state index contributed by atoms with van der Waals surface area (Å²) in [5.41, 5.74) is 2.20. The molecule has 0 amide bonds. The fraction of sp³-hybridized carbons (Fsp3) is 0.421. The summed E-state index contributed by atoms with van der Waals surface area (Å²) >= 11 is 0. The molecule has 2 unspecified atom stereocenters. The van der Waals surface area contributed by atoms with E-state index in [1.165, 1.54) is 0 Å². The van der Waals surface area contributed by atoms with Gasteiger partial charge in [0.2, 0.25) is 0 Å². The van der Waals surface area contributed by atoms with Crippen LogP contribution in [-0.4, -0.2) is 22.7 Å². The molecule has 0 spiro atoms. The van der Waals surface area contributed by atoms with E-state index in [0.29, 0.717) is 12.5 Å². The second-order valence-corrected chi connectivity index (χ2v) is 6.15. The van der Waals surface area contributed by atoms with Crippen molar-refractivity contribution in [1.82, 2.24) is 10.3 Å². The Bertz CT molecular complexity index is 603. The number of aromatic nitrogens is 1. The minimum absolute atomic E-state index is 0.139. The van der Waals surface area contributed by atoms with Gasteiger partial charge in [0.25, 0.3) is 0 Å². The van der Waals surface area contributed by atoms with Crippen LogP contribution in [-0.2, 0) is 13.2 Å². The van der Waals surface area contributed by atoms with E-state index in [2.05, 4.69) is 16.4 Å². The minimum Gasteiger partial charge on any atom is -0.489 e. The molecular formula is C19H24N2O2. The molecule has 1 aromatic heterocycles. The van der Waals surface area contributed by atoms with Crippen molar-refractivity contribution in [3.05, 3.63) is 59.9 Å². The summed E-state index contributed by atoms with van der Waals surface area (Å²) in [6.07, 6.45) is 6.64. The number of ether oxygens (including phenoxy) is 1. The summed E-state index contributed by atoms with van der Waals surface area (Å²) in [6.45, 7) is 2.14. The molecule has 2 N–H and O–H groups in total. The monoisotopic (exact) mass is 312 g/mol. The molecule has 122 valence electrons. The molecule has 0 aliphatic heterocycles. The van der Waals surface area contributed by atoms with Crippen LogP contribution in [0.5, 0.6) is 5.75 Å². The third-order valence-corrected chi connectivity index (χ3v) is 4.43. The maximum Gasteiger partial charge on any atom is 0.124 e. The second-order valence-electron chi connectivity index (χ2n) is 6.15. The molecular weight excluding hydrogens is 288 g/mol. The summed E-state index contributed by atoms with van der Waals surface area (Å²) in [4.78, 5) is 4.10. The first-order valence-electron chi connectivity index (χ1n) is 8.31. The number of benzene rings is 1. The Labute approximate surface area is 137 Å². The zero-order valence-corrected chi connectivity index (χ0v) is 13.3. The van der Waals surface area contributed by atoms with Gasteiger partial charge < -0.3 is 15.2 Å². The van der Waals surface area contributed by atoms with E-state index >= 15 is 0 Å². The number of hydrogen-bond donors (Lipinski definition) is 2. The number of nitrogens with one attached hydrogen (secondary N) is 1. The highest BCUT2D eigenvalue weighted by molar-refractivity contribution is 5.33. The van der Waals surface area contributed by atoms with Crippen molar-refractivity contribution < 1.29 is 9.84 Å². The zero-order chi connectivity index (χ0) is 15.9. The van der Waals surface area contributed by atoms with Gasteiger partial charge >= 0.3 is 0 Å². The molecule has 1 aliphatic rings. The molecule has 3 rings (SSSR count). The molecule has 1 aromatic carbocycles. The van der Waals surface area contributed by atoms with E-state index in [-0.39, 0.29) is 6.10 Å². The van der Waals surface area contributed by atoms with Crippen molar-refractivity contribution in [3.8, 4) is 5.75 Å². The number of nitrogens with zero attached hydrogens (tertiary/aromatic N) is 1. The first kappa shape index (κ1) is 16.0. The number of aliphatic hydroxyl groups excluding tert-OH is 1. The lowest BCUT2D eigenvalue weighted by molar-refractivity contribution is 0.131. The van der Waals surface area contributed by atoms with Crippen LogP contribution in [0, 0.1) is 5.92 Å². The smallest absolute Gasteiger partial charge is 0.124 e. The van der Waals surface area contributed by atoms with Crippen LogP contribution in [0.2, 0.25) is 0 Å². The highest BCUT2D eigenvalue weighted by Crippen LogP contribution is 2.25. The van der Waals surface area contributed by atoms with Crippen molar-refractivity contribution in [1.29, 1.82) is 0 Å². The van der Waals surface area contributed by atoms with E-state index in [0.717, 1.165) is 49.2 Å². The average Bonchev–Trinajstić information content (AvgIpc) is 3.00. The predicted octanol–water partition coefficient (Wildman–Crippen LogP) is 2.91. The number of rotatable bonds is 7. The van der Waals surface area contributed by atoms with E-state index in [1.807, 2.05) is 36.5 Å². The lowest BCUT2D eigenvalue weighted by Crippen LogP contribution is -2.27. The fourth-order valence-corrected chi connectivity index (χ4v) is 3.08. The van der Waals surface area contributed by atoms with Crippen LogP contribution in [0.4, 0.5) is 0 Å². The topological polar surface area (TPSA) is 54.4 Å². The second kappa shape index (κ2) is 8.09. The highest BCUT2D eigenvalue weighted by Gasteiger charge is 2.24. The van der Waals surface area contributed by atoms with Gasteiger partial charge in [-0.1, -0.05) is 30.7 Å². The van der Waals surface area contributed by atoms with Gasteiger partial charge in [0.05, 0.1) is 6.10 Å². The van der Waals surface area contributed by atoms with Crippen LogP contribution < -0.4 is 10.1 Å². The normalized spacial score (nSPS) is 20.6. The van der Waals surface area contributed by atoms with Crippen LogP contribution >= 0.6 is 0 Å². The van der Waals surface area contributed by atoms with E-state index < -0.39 is 0 Å². The van der Waals surface area contributed by atoms with Crippen molar-refractivity contribution in [3.63, 3.8) is 0 Å². The lowest BCUT2D eigenvalue weighted by Gasteiger charge is -2.16. The molecule has 0 bridgehead atoms. The standard InChI is InChI=1S/C19H24N2O2/c22-18-8-3-7-16(18)12-21-13-17-6-1-2-9-19(17)23-14-15-5-4-10-20-11-15/h1-2,4-6,9-11,16,18,21-22H,3,7-8,12-14H2. The third-order valence-electron chi connectivity index (χ3n) is 4.43. The molecule has 4 nitrogen and oxygen atoms in total. The molecule has 1 saturated carbocycles. The SMILES string of the molecule is OC1CCCC1CNCc1ccccc1OCc1cccnc1. The molecule has 2 aromatic rings. The van der Waals surface area contributed by atoms with E-state index in [1.54, 1.807) is 6.20 Å². The first-order chi connectivity index (χ1) is 11.3. The minimum atomic E-state index is -0.139. The molecule has 1 aliphatic carbocycles. The van der Waals surface area contributed by atoms with Gasteiger partial charge in [0.1, 0.15) is 12.4 Å². The maximum atomic E-state index is 9.88. The van der Waals surface area contributed by atoms with Gasteiger partial charge in [-0.05, 0) is 30.9 Å². The number of aliphatic hydroxyl groups is 1. The Hall–Kier alpha value is -1.91. The summed E-state index contributed by atoms with van der Waals surface area (Å²) in [7, 11) is 0. The lowest BCUT2D eigenvalue weighted by atomic mass is 10.1.